The second-order valence-corrected chi connectivity index (χ2v) is 4.48. The highest BCUT2D eigenvalue weighted by atomic mass is 19.1. The van der Waals surface area contributed by atoms with Gasteiger partial charge in [-0.3, -0.25) is 4.79 Å². The van der Waals surface area contributed by atoms with Crippen LogP contribution in [0.3, 0.4) is 0 Å². The fraction of sp³-hybridized carbons (Fsp3) is 0.286. The van der Waals surface area contributed by atoms with Crippen molar-refractivity contribution in [2.75, 3.05) is 0 Å². The van der Waals surface area contributed by atoms with E-state index in [1.807, 2.05) is 6.92 Å². The van der Waals surface area contributed by atoms with Gasteiger partial charge < -0.3 is 10.1 Å². The molecule has 0 fully saturated rings. The molecule has 0 saturated carbocycles. The highest BCUT2D eigenvalue weighted by Gasteiger charge is 2.11. The number of aromatic nitrogens is 2. The first-order valence-electron chi connectivity index (χ1n) is 6.11. The van der Waals surface area contributed by atoms with Gasteiger partial charge in [0.2, 0.25) is 5.88 Å². The second kappa shape index (κ2) is 5.22. The van der Waals surface area contributed by atoms with Crippen LogP contribution in [-0.2, 0) is 6.42 Å². The summed E-state index contributed by atoms with van der Waals surface area (Å²) < 4.78 is 13.3. The van der Waals surface area contributed by atoms with Crippen molar-refractivity contribution in [1.82, 2.24) is 9.97 Å². The Labute approximate surface area is 110 Å². The summed E-state index contributed by atoms with van der Waals surface area (Å²) in [6, 6.07) is 4.34. The molecule has 100 valence electrons. The Bertz CT molecular complexity index is 645. The topological polar surface area (TPSA) is 66.0 Å². The minimum absolute atomic E-state index is 0.171. The van der Waals surface area contributed by atoms with Gasteiger partial charge in [-0.25, -0.2) is 4.39 Å². The predicted octanol–water partition coefficient (Wildman–Crippen LogP) is 2.54. The van der Waals surface area contributed by atoms with Crippen molar-refractivity contribution >= 4 is 0 Å². The molecule has 1 aromatic heterocycles. The largest absolute Gasteiger partial charge is 0.493 e. The molecule has 0 saturated heterocycles. The quantitative estimate of drug-likeness (QED) is 0.893. The van der Waals surface area contributed by atoms with Crippen LogP contribution in [0.1, 0.15) is 24.5 Å². The van der Waals surface area contributed by atoms with Gasteiger partial charge in [0.15, 0.2) is 0 Å². The van der Waals surface area contributed by atoms with Crippen LogP contribution in [0.15, 0.2) is 23.0 Å². The number of benzene rings is 1. The van der Waals surface area contributed by atoms with Gasteiger partial charge in [-0.05, 0) is 37.1 Å². The monoisotopic (exact) mass is 262 g/mol. The summed E-state index contributed by atoms with van der Waals surface area (Å²) in [7, 11) is 0. The molecule has 0 amide bonds. The molecule has 0 radical (unpaired) electrons. The molecular weight excluding hydrogens is 247 g/mol. The van der Waals surface area contributed by atoms with E-state index in [1.54, 1.807) is 13.0 Å². The minimum Gasteiger partial charge on any atom is -0.493 e. The first-order chi connectivity index (χ1) is 9.01. The lowest BCUT2D eigenvalue weighted by molar-refractivity contribution is 0.443. The highest BCUT2D eigenvalue weighted by Crippen LogP contribution is 2.20. The van der Waals surface area contributed by atoms with Crippen LogP contribution in [0.2, 0.25) is 0 Å². The van der Waals surface area contributed by atoms with Crippen molar-refractivity contribution in [2.24, 2.45) is 0 Å². The van der Waals surface area contributed by atoms with Crippen LogP contribution in [0, 0.1) is 12.7 Å². The molecule has 2 aromatic rings. The maximum atomic E-state index is 13.3. The normalized spacial score (nSPS) is 10.7. The second-order valence-electron chi connectivity index (χ2n) is 4.48. The summed E-state index contributed by atoms with van der Waals surface area (Å²) >= 11 is 0. The Balaban J connectivity index is 2.55. The van der Waals surface area contributed by atoms with Crippen molar-refractivity contribution in [3.8, 4) is 17.3 Å². The molecule has 0 aliphatic carbocycles. The third-order valence-electron chi connectivity index (χ3n) is 2.81. The van der Waals surface area contributed by atoms with Gasteiger partial charge in [0.25, 0.3) is 5.56 Å². The standard InChI is InChI=1S/C14H15FN2O2/c1-3-4-11-13(18)16-12(17-14(11)19)9-5-8(2)6-10(15)7-9/h5-7H,3-4H2,1-2H3,(H2,16,17,18,19). The van der Waals surface area contributed by atoms with E-state index in [0.717, 1.165) is 12.0 Å². The van der Waals surface area contributed by atoms with E-state index in [1.165, 1.54) is 12.1 Å². The van der Waals surface area contributed by atoms with E-state index in [4.69, 9.17) is 0 Å². The van der Waals surface area contributed by atoms with Crippen LogP contribution >= 0.6 is 0 Å². The Morgan fingerprint density at radius 2 is 2.11 bits per heavy atom. The van der Waals surface area contributed by atoms with Crippen LogP contribution < -0.4 is 5.56 Å². The van der Waals surface area contributed by atoms with Crippen LogP contribution in [0.5, 0.6) is 5.88 Å². The molecule has 4 nitrogen and oxygen atoms in total. The summed E-state index contributed by atoms with van der Waals surface area (Å²) in [4.78, 5) is 18.4. The third kappa shape index (κ3) is 2.81. The molecule has 0 bridgehead atoms. The number of hydrogen-bond donors (Lipinski definition) is 2. The molecule has 0 atom stereocenters. The SMILES string of the molecule is CCCc1c(O)nc(-c2cc(C)cc(F)c2)[nH]c1=O. The number of aryl methyl sites for hydroxylation is 1. The van der Waals surface area contributed by atoms with Crippen molar-refractivity contribution in [3.05, 3.63) is 45.5 Å². The molecule has 0 spiro atoms. The zero-order chi connectivity index (χ0) is 14.0. The number of aromatic hydroxyl groups is 1. The molecule has 1 aromatic carbocycles. The summed E-state index contributed by atoms with van der Waals surface area (Å²) in [6.07, 6.45) is 1.19. The lowest BCUT2D eigenvalue weighted by Crippen LogP contribution is -2.15. The minimum atomic E-state index is -0.408. The zero-order valence-electron chi connectivity index (χ0n) is 10.8. The zero-order valence-corrected chi connectivity index (χ0v) is 10.8. The van der Waals surface area contributed by atoms with E-state index in [9.17, 15) is 14.3 Å². The Hall–Kier alpha value is -2.17. The van der Waals surface area contributed by atoms with Gasteiger partial charge in [-0.1, -0.05) is 13.3 Å². The first kappa shape index (κ1) is 13.3. The Morgan fingerprint density at radius 1 is 1.37 bits per heavy atom. The number of aromatic amines is 1. The molecule has 0 aliphatic rings. The van der Waals surface area contributed by atoms with Gasteiger partial charge in [-0.2, -0.15) is 4.98 Å². The molecule has 1 heterocycles. The van der Waals surface area contributed by atoms with Gasteiger partial charge in [-0.15, -0.1) is 0 Å². The van der Waals surface area contributed by atoms with Gasteiger partial charge >= 0.3 is 0 Å². The maximum Gasteiger partial charge on any atom is 0.258 e. The average molecular weight is 262 g/mol. The average Bonchev–Trinajstić information content (AvgIpc) is 2.32. The van der Waals surface area contributed by atoms with E-state index in [0.29, 0.717) is 12.0 Å². The molecule has 0 aliphatic heterocycles. The Kier molecular flexibility index (Phi) is 3.64. The lowest BCUT2D eigenvalue weighted by atomic mass is 10.1. The molecule has 5 heteroatoms. The first-order valence-corrected chi connectivity index (χ1v) is 6.11. The molecular formula is C14H15FN2O2. The maximum absolute atomic E-state index is 13.3. The predicted molar refractivity (Wildman–Crippen MR) is 70.6 cm³/mol. The fourth-order valence-corrected chi connectivity index (χ4v) is 1.97. The van der Waals surface area contributed by atoms with Crippen molar-refractivity contribution in [2.45, 2.75) is 26.7 Å². The number of rotatable bonds is 3. The molecule has 2 rings (SSSR count). The van der Waals surface area contributed by atoms with Gasteiger partial charge in [0.1, 0.15) is 11.6 Å². The van der Waals surface area contributed by atoms with E-state index in [2.05, 4.69) is 9.97 Å². The molecule has 0 unspecified atom stereocenters. The summed E-state index contributed by atoms with van der Waals surface area (Å²) in [5.74, 6) is -0.526. The number of nitrogens with zero attached hydrogens (tertiary/aromatic N) is 1. The van der Waals surface area contributed by atoms with Crippen molar-refractivity contribution in [1.29, 1.82) is 0 Å². The number of halogens is 1. The van der Waals surface area contributed by atoms with Crippen LogP contribution in [0.4, 0.5) is 4.39 Å². The van der Waals surface area contributed by atoms with E-state index in [-0.39, 0.29) is 22.8 Å². The van der Waals surface area contributed by atoms with Gasteiger partial charge in [0, 0.05) is 5.56 Å². The molecule has 2 N–H and O–H groups in total. The van der Waals surface area contributed by atoms with Crippen LogP contribution in [0.25, 0.3) is 11.4 Å². The lowest BCUT2D eigenvalue weighted by Gasteiger charge is -2.06. The van der Waals surface area contributed by atoms with Crippen molar-refractivity contribution < 1.29 is 9.50 Å². The van der Waals surface area contributed by atoms with E-state index >= 15 is 0 Å². The summed E-state index contributed by atoms with van der Waals surface area (Å²) in [6.45, 7) is 3.65. The number of nitrogens with one attached hydrogen (secondary N) is 1. The Morgan fingerprint density at radius 3 is 2.68 bits per heavy atom. The summed E-state index contributed by atoms with van der Waals surface area (Å²) in [5, 5.41) is 9.78. The number of hydrogen-bond acceptors (Lipinski definition) is 3. The smallest absolute Gasteiger partial charge is 0.258 e. The summed E-state index contributed by atoms with van der Waals surface area (Å²) in [5.41, 5.74) is 1.04. The molecule has 19 heavy (non-hydrogen) atoms. The third-order valence-corrected chi connectivity index (χ3v) is 2.81. The highest BCUT2D eigenvalue weighted by molar-refractivity contribution is 5.57. The van der Waals surface area contributed by atoms with Crippen LogP contribution in [-0.4, -0.2) is 15.1 Å². The van der Waals surface area contributed by atoms with Crippen molar-refractivity contribution in [3.63, 3.8) is 0 Å². The van der Waals surface area contributed by atoms with Gasteiger partial charge in [0.05, 0.1) is 5.56 Å². The number of H-pyrrole nitrogens is 1. The van der Waals surface area contributed by atoms with E-state index < -0.39 is 5.82 Å². The fourth-order valence-electron chi connectivity index (χ4n) is 1.97.